The van der Waals surface area contributed by atoms with Crippen LogP contribution in [0.4, 0.5) is 0 Å². The Balaban J connectivity index is 1.49. The fraction of sp³-hybridized carbons (Fsp3) is 0.778. The van der Waals surface area contributed by atoms with E-state index in [0.717, 1.165) is 44.7 Å². The molecule has 3 rings (SSSR count). The van der Waals surface area contributed by atoms with Crippen LogP contribution >= 0.6 is 0 Å². The highest BCUT2D eigenvalue weighted by Gasteiger charge is 2.37. The van der Waals surface area contributed by atoms with Crippen LogP contribution in [-0.4, -0.2) is 62.6 Å². The van der Waals surface area contributed by atoms with Gasteiger partial charge < -0.3 is 14.4 Å². The van der Waals surface area contributed by atoms with Gasteiger partial charge in [-0.1, -0.05) is 13.8 Å². The molecule has 0 N–H and O–H groups in total. The van der Waals surface area contributed by atoms with Crippen LogP contribution in [0, 0.1) is 17.8 Å². The molecule has 0 radical (unpaired) electrons. The Morgan fingerprint density at radius 2 is 2.04 bits per heavy atom. The normalized spacial score (nSPS) is 22.2. The van der Waals surface area contributed by atoms with Crippen molar-refractivity contribution in [3.63, 3.8) is 0 Å². The van der Waals surface area contributed by atoms with Crippen molar-refractivity contribution >= 4 is 11.8 Å². The number of aromatic nitrogens is 3. The van der Waals surface area contributed by atoms with Crippen LogP contribution in [0.5, 0.6) is 0 Å². The summed E-state index contributed by atoms with van der Waals surface area (Å²) in [5.74, 6) is 2.14. The predicted molar refractivity (Wildman–Crippen MR) is 93.5 cm³/mol. The lowest BCUT2D eigenvalue weighted by Crippen LogP contribution is -2.43. The molecule has 1 atom stereocenters. The van der Waals surface area contributed by atoms with Crippen molar-refractivity contribution < 1.29 is 9.59 Å². The van der Waals surface area contributed by atoms with E-state index in [2.05, 4.69) is 24.0 Å². The smallest absolute Gasteiger partial charge is 0.227 e. The van der Waals surface area contributed by atoms with Crippen LogP contribution in [0.25, 0.3) is 0 Å². The van der Waals surface area contributed by atoms with Gasteiger partial charge in [-0.05, 0) is 24.7 Å². The van der Waals surface area contributed by atoms with Crippen LogP contribution in [0.2, 0.25) is 0 Å². The fourth-order valence-corrected chi connectivity index (χ4v) is 3.92. The Morgan fingerprint density at radius 1 is 1.32 bits per heavy atom. The van der Waals surface area contributed by atoms with Crippen LogP contribution in [-0.2, 0) is 23.1 Å². The van der Waals surface area contributed by atoms with E-state index in [9.17, 15) is 9.59 Å². The van der Waals surface area contributed by atoms with E-state index in [1.807, 2.05) is 21.4 Å². The summed E-state index contributed by atoms with van der Waals surface area (Å²) in [5, 5.41) is 8.09. The van der Waals surface area contributed by atoms with Gasteiger partial charge in [-0.25, -0.2) is 0 Å². The van der Waals surface area contributed by atoms with E-state index in [-0.39, 0.29) is 17.7 Å². The molecule has 2 amide bonds. The monoisotopic (exact) mass is 347 g/mol. The molecule has 3 heterocycles. The number of hydrogen-bond donors (Lipinski definition) is 0. The van der Waals surface area contributed by atoms with Crippen LogP contribution < -0.4 is 0 Å². The van der Waals surface area contributed by atoms with E-state index in [4.69, 9.17) is 0 Å². The summed E-state index contributed by atoms with van der Waals surface area (Å²) in [5.41, 5.74) is 0. The summed E-state index contributed by atoms with van der Waals surface area (Å²) >= 11 is 0. The topological polar surface area (TPSA) is 71.3 Å². The minimum Gasteiger partial charge on any atom is -0.342 e. The van der Waals surface area contributed by atoms with E-state index in [0.29, 0.717) is 24.8 Å². The van der Waals surface area contributed by atoms with Gasteiger partial charge in [0.15, 0.2) is 0 Å². The maximum atomic E-state index is 12.8. The molecule has 0 saturated carbocycles. The number of carbonyl (C=O) groups is 2. The Labute approximate surface area is 149 Å². The first-order valence-electron chi connectivity index (χ1n) is 9.33. The van der Waals surface area contributed by atoms with Crippen molar-refractivity contribution in [2.24, 2.45) is 24.8 Å². The summed E-state index contributed by atoms with van der Waals surface area (Å²) in [6.45, 7) is 7.12. The summed E-state index contributed by atoms with van der Waals surface area (Å²) in [6, 6.07) is 0. The molecule has 7 nitrogen and oxygen atoms in total. The van der Waals surface area contributed by atoms with Crippen molar-refractivity contribution in [1.82, 2.24) is 24.6 Å². The fourth-order valence-electron chi connectivity index (χ4n) is 3.92. The molecule has 138 valence electrons. The first-order chi connectivity index (χ1) is 11.9. The maximum Gasteiger partial charge on any atom is 0.227 e. The number of amides is 2. The number of aryl methyl sites for hydroxylation is 1. The molecular formula is C18H29N5O2. The Bertz CT molecular complexity index is 619. The third-order valence-corrected chi connectivity index (χ3v) is 5.35. The number of nitrogens with zero attached hydrogens (tertiary/aromatic N) is 5. The van der Waals surface area contributed by atoms with E-state index in [1.165, 1.54) is 0 Å². The van der Waals surface area contributed by atoms with Crippen molar-refractivity contribution in [2.45, 2.75) is 39.5 Å². The number of rotatable bonds is 5. The van der Waals surface area contributed by atoms with Gasteiger partial charge in [0.05, 0.1) is 5.92 Å². The molecule has 1 unspecified atom stereocenters. The van der Waals surface area contributed by atoms with Gasteiger partial charge >= 0.3 is 0 Å². The van der Waals surface area contributed by atoms with E-state index >= 15 is 0 Å². The number of hydrogen-bond acceptors (Lipinski definition) is 4. The van der Waals surface area contributed by atoms with Gasteiger partial charge in [-0.3, -0.25) is 9.59 Å². The third kappa shape index (κ3) is 4.19. The van der Waals surface area contributed by atoms with E-state index < -0.39 is 0 Å². The van der Waals surface area contributed by atoms with Crippen molar-refractivity contribution in [3.05, 3.63) is 12.2 Å². The molecule has 2 fully saturated rings. The molecule has 0 aliphatic carbocycles. The Kier molecular flexibility index (Phi) is 5.39. The van der Waals surface area contributed by atoms with Crippen LogP contribution in [0.1, 0.15) is 38.9 Å². The Hall–Kier alpha value is -1.92. The quantitative estimate of drug-likeness (QED) is 0.800. The minimum atomic E-state index is -0.151. The standard InChI is InChI=1S/C18H29N5O2/c1-13(2)10-23-11-15(9-17(23)24)18(25)22-6-4-14(5-7-22)8-16-20-19-12-21(16)3/h12-15H,4-11H2,1-3H3. The lowest BCUT2D eigenvalue weighted by atomic mass is 9.92. The van der Waals surface area contributed by atoms with E-state index in [1.54, 1.807) is 6.33 Å². The van der Waals surface area contributed by atoms with Gasteiger partial charge in [-0.15, -0.1) is 10.2 Å². The summed E-state index contributed by atoms with van der Waals surface area (Å²) in [7, 11) is 1.97. The summed E-state index contributed by atoms with van der Waals surface area (Å²) in [6.07, 6.45) is 5.02. The molecule has 1 aromatic rings. The second kappa shape index (κ2) is 7.54. The van der Waals surface area contributed by atoms with Crippen molar-refractivity contribution in [1.29, 1.82) is 0 Å². The highest BCUT2D eigenvalue weighted by Crippen LogP contribution is 2.25. The molecule has 7 heteroatoms. The SMILES string of the molecule is CC(C)CN1CC(C(=O)N2CCC(Cc3nncn3C)CC2)CC1=O. The van der Waals surface area contributed by atoms with Crippen molar-refractivity contribution in [3.8, 4) is 0 Å². The molecule has 25 heavy (non-hydrogen) atoms. The second-order valence-corrected chi connectivity index (χ2v) is 7.92. The first-order valence-corrected chi connectivity index (χ1v) is 9.33. The largest absolute Gasteiger partial charge is 0.342 e. The zero-order valence-electron chi connectivity index (χ0n) is 15.5. The summed E-state index contributed by atoms with van der Waals surface area (Å²) < 4.78 is 1.96. The van der Waals surface area contributed by atoms with Gasteiger partial charge in [0.2, 0.25) is 11.8 Å². The van der Waals surface area contributed by atoms with Gasteiger partial charge in [0, 0.05) is 46.1 Å². The third-order valence-electron chi connectivity index (χ3n) is 5.35. The lowest BCUT2D eigenvalue weighted by Gasteiger charge is -2.33. The molecule has 2 aliphatic heterocycles. The average Bonchev–Trinajstić information content (AvgIpc) is 3.13. The zero-order valence-corrected chi connectivity index (χ0v) is 15.5. The highest BCUT2D eigenvalue weighted by atomic mass is 16.2. The molecule has 0 bridgehead atoms. The highest BCUT2D eigenvalue weighted by molar-refractivity contribution is 5.89. The minimum absolute atomic E-state index is 0.129. The summed E-state index contributed by atoms with van der Waals surface area (Å²) in [4.78, 5) is 28.7. The molecule has 0 spiro atoms. The number of likely N-dealkylation sites (tertiary alicyclic amines) is 2. The van der Waals surface area contributed by atoms with Gasteiger partial charge in [-0.2, -0.15) is 0 Å². The van der Waals surface area contributed by atoms with Gasteiger partial charge in [0.1, 0.15) is 12.2 Å². The first kappa shape index (κ1) is 17.9. The zero-order chi connectivity index (χ0) is 18.0. The average molecular weight is 347 g/mol. The number of piperidine rings is 1. The van der Waals surface area contributed by atoms with Crippen LogP contribution in [0.3, 0.4) is 0 Å². The molecular weight excluding hydrogens is 318 g/mol. The predicted octanol–water partition coefficient (Wildman–Crippen LogP) is 1.10. The van der Waals surface area contributed by atoms with Gasteiger partial charge in [0.25, 0.3) is 0 Å². The van der Waals surface area contributed by atoms with Crippen LogP contribution in [0.15, 0.2) is 6.33 Å². The van der Waals surface area contributed by atoms with Crippen molar-refractivity contribution in [2.75, 3.05) is 26.2 Å². The second-order valence-electron chi connectivity index (χ2n) is 7.92. The molecule has 2 saturated heterocycles. The molecule has 0 aromatic carbocycles. The number of carbonyl (C=O) groups excluding carboxylic acids is 2. The molecule has 2 aliphatic rings. The Morgan fingerprint density at radius 3 is 2.64 bits per heavy atom. The molecule has 1 aromatic heterocycles. The maximum absolute atomic E-state index is 12.8. The lowest BCUT2D eigenvalue weighted by molar-refractivity contribution is -0.137.